The molecule has 7 heteroatoms. The Bertz CT molecular complexity index is 710. The van der Waals surface area contributed by atoms with E-state index in [1.807, 2.05) is 0 Å². The van der Waals surface area contributed by atoms with E-state index < -0.39 is 46.0 Å². The number of rotatable bonds is 2. The molecule has 1 nitrogen and oxygen atoms in total. The van der Waals surface area contributed by atoms with E-state index in [0.717, 1.165) is 0 Å². The molecule has 0 aliphatic heterocycles. The van der Waals surface area contributed by atoms with Gasteiger partial charge in [0.2, 0.25) is 0 Å². The molecule has 0 fully saturated rings. The third-order valence-corrected chi connectivity index (χ3v) is 3.14. The van der Waals surface area contributed by atoms with Gasteiger partial charge in [0.1, 0.15) is 11.6 Å². The number of halogens is 6. The Morgan fingerprint density at radius 1 is 0.800 bits per heavy atom. The molecule has 0 bridgehead atoms. The van der Waals surface area contributed by atoms with Gasteiger partial charge in [-0.05, 0) is 40.2 Å². The van der Waals surface area contributed by atoms with Crippen molar-refractivity contribution in [1.82, 2.24) is 0 Å². The fraction of sp³-hybridized carbons (Fsp3) is 0. The zero-order chi connectivity index (χ0) is 15.0. The summed E-state index contributed by atoms with van der Waals surface area (Å²) in [6.07, 6.45) is 0. The Morgan fingerprint density at radius 2 is 1.45 bits per heavy atom. The summed E-state index contributed by atoms with van der Waals surface area (Å²) in [6, 6.07) is 2.41. The lowest BCUT2D eigenvalue weighted by Gasteiger charge is -2.06. The predicted octanol–water partition coefficient (Wildman–Crippen LogP) is 4.38. The summed E-state index contributed by atoms with van der Waals surface area (Å²) in [5, 5.41) is 0. The first-order chi connectivity index (χ1) is 9.32. The van der Waals surface area contributed by atoms with Crippen molar-refractivity contribution in [2.24, 2.45) is 0 Å². The minimum absolute atomic E-state index is 0.225. The van der Waals surface area contributed by atoms with E-state index >= 15 is 0 Å². The molecule has 0 N–H and O–H groups in total. The molecule has 2 aromatic carbocycles. The first-order valence-corrected chi connectivity index (χ1v) is 5.95. The highest BCUT2D eigenvalue weighted by Crippen LogP contribution is 2.24. The van der Waals surface area contributed by atoms with Crippen LogP contribution in [-0.4, -0.2) is 5.78 Å². The van der Waals surface area contributed by atoms with Crippen LogP contribution in [0.1, 0.15) is 15.9 Å². The molecule has 0 unspecified atom stereocenters. The third-order valence-electron chi connectivity index (χ3n) is 2.53. The highest BCUT2D eigenvalue weighted by Gasteiger charge is 2.23. The molecule has 104 valence electrons. The molecular formula is C13H4BrF5O. The van der Waals surface area contributed by atoms with Crippen LogP contribution in [0.2, 0.25) is 0 Å². The zero-order valence-corrected chi connectivity index (χ0v) is 11.1. The smallest absolute Gasteiger partial charge is 0.199 e. The highest BCUT2D eigenvalue weighted by molar-refractivity contribution is 9.10. The van der Waals surface area contributed by atoms with Crippen molar-refractivity contribution >= 4 is 21.7 Å². The molecule has 0 spiro atoms. The van der Waals surface area contributed by atoms with Crippen LogP contribution in [0.4, 0.5) is 22.0 Å². The van der Waals surface area contributed by atoms with E-state index in [-0.39, 0.29) is 4.47 Å². The lowest BCUT2D eigenvalue weighted by atomic mass is 10.0. The van der Waals surface area contributed by atoms with Crippen LogP contribution in [-0.2, 0) is 0 Å². The SMILES string of the molecule is O=C(c1cc(F)c(Br)cc1F)c1ccc(F)c(F)c1F. The third kappa shape index (κ3) is 2.45. The molecule has 0 aromatic heterocycles. The monoisotopic (exact) mass is 350 g/mol. The van der Waals surface area contributed by atoms with E-state index in [1.165, 1.54) is 0 Å². The number of carbonyl (C=O) groups excluding carboxylic acids is 1. The van der Waals surface area contributed by atoms with E-state index in [1.54, 1.807) is 0 Å². The minimum Gasteiger partial charge on any atom is -0.288 e. The molecule has 0 radical (unpaired) electrons. The quantitative estimate of drug-likeness (QED) is 0.340. The van der Waals surface area contributed by atoms with E-state index in [2.05, 4.69) is 15.9 Å². The Balaban J connectivity index is 2.58. The second-order valence-electron chi connectivity index (χ2n) is 3.80. The lowest BCUT2D eigenvalue weighted by molar-refractivity contribution is 0.102. The second-order valence-corrected chi connectivity index (χ2v) is 4.65. The number of carbonyl (C=O) groups is 1. The average molecular weight is 351 g/mol. The van der Waals surface area contributed by atoms with Gasteiger partial charge in [-0.25, -0.2) is 22.0 Å². The number of benzene rings is 2. The van der Waals surface area contributed by atoms with Crippen LogP contribution in [0.25, 0.3) is 0 Å². The van der Waals surface area contributed by atoms with Crippen LogP contribution in [0.15, 0.2) is 28.7 Å². The molecule has 0 aliphatic carbocycles. The molecule has 0 saturated heterocycles. The normalized spacial score (nSPS) is 10.7. The van der Waals surface area contributed by atoms with Gasteiger partial charge in [0.15, 0.2) is 23.2 Å². The van der Waals surface area contributed by atoms with Crippen LogP contribution in [0, 0.1) is 29.1 Å². The number of hydrogen-bond acceptors (Lipinski definition) is 1. The summed E-state index contributed by atoms with van der Waals surface area (Å²) in [6.45, 7) is 0. The molecule has 2 rings (SSSR count). The zero-order valence-electron chi connectivity index (χ0n) is 9.49. The molecule has 0 saturated carbocycles. The molecule has 20 heavy (non-hydrogen) atoms. The molecular weight excluding hydrogens is 347 g/mol. The summed E-state index contributed by atoms with van der Waals surface area (Å²) in [5.74, 6) is -8.44. The maximum absolute atomic E-state index is 13.6. The van der Waals surface area contributed by atoms with E-state index in [9.17, 15) is 26.7 Å². The first kappa shape index (κ1) is 14.6. The van der Waals surface area contributed by atoms with Crippen molar-refractivity contribution in [3.05, 3.63) is 69.0 Å². The average Bonchev–Trinajstić information content (AvgIpc) is 2.40. The molecule has 0 amide bonds. The Kier molecular flexibility index (Phi) is 3.89. The summed E-state index contributed by atoms with van der Waals surface area (Å²) < 4.78 is 65.9. The fourth-order valence-electron chi connectivity index (χ4n) is 1.54. The standard InChI is InChI=1S/C13H4BrF5O/c14-7-4-9(16)6(3-10(7)17)13(20)5-1-2-8(15)12(19)11(5)18/h1-4H. The van der Waals surface area contributed by atoms with Gasteiger partial charge in [-0.15, -0.1) is 0 Å². The minimum atomic E-state index is -1.85. The van der Waals surface area contributed by atoms with Crippen molar-refractivity contribution in [3.63, 3.8) is 0 Å². The molecule has 0 heterocycles. The second kappa shape index (κ2) is 5.32. The Morgan fingerprint density at radius 3 is 2.10 bits per heavy atom. The number of hydrogen-bond donors (Lipinski definition) is 0. The predicted molar refractivity (Wildman–Crippen MR) is 63.8 cm³/mol. The van der Waals surface area contributed by atoms with Crippen LogP contribution >= 0.6 is 15.9 Å². The topological polar surface area (TPSA) is 17.1 Å². The van der Waals surface area contributed by atoms with Crippen LogP contribution in [0.5, 0.6) is 0 Å². The summed E-state index contributed by atoms with van der Waals surface area (Å²) in [7, 11) is 0. The van der Waals surface area contributed by atoms with Crippen molar-refractivity contribution in [3.8, 4) is 0 Å². The van der Waals surface area contributed by atoms with Crippen molar-refractivity contribution in [2.45, 2.75) is 0 Å². The molecule has 2 aromatic rings. The number of ketones is 1. The Hall–Kier alpha value is -1.76. The van der Waals surface area contributed by atoms with Crippen LogP contribution < -0.4 is 0 Å². The van der Waals surface area contributed by atoms with Gasteiger partial charge in [0.25, 0.3) is 0 Å². The Labute approximate surface area is 118 Å². The van der Waals surface area contributed by atoms with Crippen LogP contribution in [0.3, 0.4) is 0 Å². The maximum Gasteiger partial charge on any atom is 0.199 e. The summed E-state index contributed by atoms with van der Waals surface area (Å²) >= 11 is 2.71. The van der Waals surface area contributed by atoms with Gasteiger partial charge in [-0.3, -0.25) is 4.79 Å². The van der Waals surface area contributed by atoms with Gasteiger partial charge < -0.3 is 0 Å². The van der Waals surface area contributed by atoms with Gasteiger partial charge in [-0.2, -0.15) is 0 Å². The van der Waals surface area contributed by atoms with E-state index in [4.69, 9.17) is 0 Å². The molecule has 0 atom stereocenters. The fourth-order valence-corrected chi connectivity index (χ4v) is 1.86. The maximum atomic E-state index is 13.6. The van der Waals surface area contributed by atoms with Gasteiger partial charge >= 0.3 is 0 Å². The summed E-state index contributed by atoms with van der Waals surface area (Å²) in [5.41, 5.74) is -1.67. The first-order valence-electron chi connectivity index (χ1n) is 5.15. The van der Waals surface area contributed by atoms with Gasteiger partial charge in [0, 0.05) is 0 Å². The highest BCUT2D eigenvalue weighted by atomic mass is 79.9. The van der Waals surface area contributed by atoms with Crippen molar-refractivity contribution in [1.29, 1.82) is 0 Å². The van der Waals surface area contributed by atoms with Gasteiger partial charge in [-0.1, -0.05) is 0 Å². The summed E-state index contributed by atoms with van der Waals surface area (Å²) in [4.78, 5) is 11.9. The molecule has 0 aliphatic rings. The van der Waals surface area contributed by atoms with Gasteiger partial charge in [0.05, 0.1) is 15.6 Å². The lowest BCUT2D eigenvalue weighted by Crippen LogP contribution is -2.09. The van der Waals surface area contributed by atoms with E-state index in [0.29, 0.717) is 24.3 Å². The van der Waals surface area contributed by atoms with Crippen molar-refractivity contribution < 1.29 is 26.7 Å². The van der Waals surface area contributed by atoms with Crippen molar-refractivity contribution in [2.75, 3.05) is 0 Å². The largest absolute Gasteiger partial charge is 0.288 e.